The Morgan fingerprint density at radius 3 is 2.54 bits per heavy atom. The maximum Gasteiger partial charge on any atom is 0.242 e. The van der Waals surface area contributed by atoms with Crippen LogP contribution in [0.15, 0.2) is 54.1 Å². The van der Waals surface area contributed by atoms with Gasteiger partial charge in [-0.3, -0.25) is 28.8 Å². The standard InChI is InChI=1S/C40H38ClFN4O5S/c1-19-25-16-20(41)12-15-30(25)52-35(19)29-18-31(44(3)43-29)46-37(49)27-17-26-22(33(40(27,2)39(46)51)24-10-7-11-28(42)34(24)47)13-14-23-32(26)38(50)45(36(23)48)21-8-5-4-6-9-21/h7,10-13,15-16,18,21,23,26-27,32-33,47H,4-6,8-9,14,17H2,1-3H3/t23-,26+,27-,32-,33+,40+/m0/s1. The van der Waals surface area contributed by atoms with Gasteiger partial charge in [0.25, 0.3) is 0 Å². The average Bonchev–Trinajstić information content (AvgIpc) is 3.80. The van der Waals surface area contributed by atoms with Crippen LogP contribution in [0.1, 0.15) is 68.9 Å². The Kier molecular flexibility index (Phi) is 7.62. The maximum atomic E-state index is 15.1. The molecule has 0 bridgehead atoms. The molecule has 52 heavy (non-hydrogen) atoms. The Hall–Kier alpha value is -4.35. The average molecular weight is 741 g/mol. The zero-order valence-corrected chi connectivity index (χ0v) is 30.6. The summed E-state index contributed by atoms with van der Waals surface area (Å²) in [6.45, 7) is 3.72. The molecule has 5 aliphatic rings. The number of anilines is 1. The van der Waals surface area contributed by atoms with E-state index in [1.54, 1.807) is 37.4 Å². The molecule has 4 fully saturated rings. The van der Waals surface area contributed by atoms with Crippen LogP contribution in [0.2, 0.25) is 5.02 Å². The number of amides is 4. The Labute approximate surface area is 309 Å². The molecule has 12 heteroatoms. The first-order chi connectivity index (χ1) is 24.9. The zero-order chi connectivity index (χ0) is 36.4. The molecule has 4 heterocycles. The Morgan fingerprint density at radius 1 is 1.00 bits per heavy atom. The van der Waals surface area contributed by atoms with E-state index in [1.807, 2.05) is 31.2 Å². The van der Waals surface area contributed by atoms with Gasteiger partial charge in [0.1, 0.15) is 11.5 Å². The minimum Gasteiger partial charge on any atom is -0.505 e. The summed E-state index contributed by atoms with van der Waals surface area (Å²) in [5.74, 6) is -6.04. The number of carbonyl (C=O) groups is 4. The number of nitrogens with zero attached hydrogens (tertiary/aromatic N) is 4. The van der Waals surface area contributed by atoms with E-state index in [0.717, 1.165) is 58.7 Å². The summed E-state index contributed by atoms with van der Waals surface area (Å²) in [4.78, 5) is 61.6. The molecular weight excluding hydrogens is 703 g/mol. The lowest BCUT2D eigenvalue weighted by molar-refractivity contribution is -0.144. The highest BCUT2D eigenvalue weighted by Crippen LogP contribution is 2.64. The molecular formula is C40H38ClFN4O5S. The van der Waals surface area contributed by atoms with Crippen molar-refractivity contribution in [1.82, 2.24) is 14.7 Å². The van der Waals surface area contributed by atoms with Crippen LogP contribution in [-0.2, 0) is 26.2 Å². The van der Waals surface area contributed by atoms with Gasteiger partial charge >= 0.3 is 0 Å². The monoisotopic (exact) mass is 740 g/mol. The molecule has 1 N–H and O–H groups in total. The number of aromatic hydroxyl groups is 1. The van der Waals surface area contributed by atoms with Gasteiger partial charge in [-0.15, -0.1) is 11.3 Å². The van der Waals surface area contributed by atoms with Crippen LogP contribution >= 0.6 is 22.9 Å². The minimum absolute atomic E-state index is 0.134. The van der Waals surface area contributed by atoms with Crippen LogP contribution in [0.5, 0.6) is 5.75 Å². The van der Waals surface area contributed by atoms with E-state index >= 15 is 4.39 Å². The molecule has 4 amide bonds. The molecule has 2 saturated carbocycles. The molecule has 2 aromatic carbocycles. The van der Waals surface area contributed by atoms with Crippen molar-refractivity contribution in [2.24, 2.45) is 36.1 Å². The fraction of sp³-hybridized carbons (Fsp3) is 0.425. The molecule has 6 atom stereocenters. The highest BCUT2D eigenvalue weighted by molar-refractivity contribution is 7.22. The summed E-state index contributed by atoms with van der Waals surface area (Å²) in [7, 11) is 1.69. The Balaban J connectivity index is 1.15. The summed E-state index contributed by atoms with van der Waals surface area (Å²) in [5, 5.41) is 17.6. The number of fused-ring (bicyclic) bond motifs is 5. The Morgan fingerprint density at radius 2 is 1.77 bits per heavy atom. The SMILES string of the molecule is Cc1c(-c2cc(N3C(=O)[C@@H]4C[C@@H]5C(=CC[C@@H]6C(=O)N(C7CCCCC7)C(=O)[C@@H]65)[C@H](c5cccc(F)c5O)[C@]4(C)C3=O)n(C)n2)sc2ccc(Cl)cc12. The Bertz CT molecular complexity index is 2270. The third-order valence-electron chi connectivity index (χ3n) is 12.8. The third kappa shape index (κ3) is 4.54. The first-order valence-corrected chi connectivity index (χ1v) is 19.3. The molecule has 9 nitrogen and oxygen atoms in total. The van der Waals surface area contributed by atoms with E-state index in [9.17, 15) is 24.3 Å². The molecule has 4 aromatic rings. The van der Waals surface area contributed by atoms with E-state index in [1.165, 1.54) is 20.5 Å². The van der Waals surface area contributed by atoms with Crippen molar-refractivity contribution in [3.05, 3.63) is 76.1 Å². The predicted molar refractivity (Wildman–Crippen MR) is 195 cm³/mol. The van der Waals surface area contributed by atoms with Crippen LogP contribution < -0.4 is 4.90 Å². The van der Waals surface area contributed by atoms with Gasteiger partial charge in [0.15, 0.2) is 11.6 Å². The molecule has 2 aromatic heterocycles. The number of thiophene rings is 1. The number of hydrogen-bond donors (Lipinski definition) is 1. The van der Waals surface area contributed by atoms with Gasteiger partial charge in [0, 0.05) is 40.4 Å². The summed E-state index contributed by atoms with van der Waals surface area (Å²) in [6.07, 6.45) is 6.98. The number of allylic oxidation sites excluding steroid dienone is 2. The van der Waals surface area contributed by atoms with E-state index in [4.69, 9.17) is 16.7 Å². The van der Waals surface area contributed by atoms with Gasteiger partial charge in [-0.25, -0.2) is 9.29 Å². The van der Waals surface area contributed by atoms with E-state index in [2.05, 4.69) is 0 Å². The van der Waals surface area contributed by atoms with E-state index < -0.39 is 58.4 Å². The number of rotatable bonds is 4. The second-order valence-corrected chi connectivity index (χ2v) is 16.9. The molecule has 3 aliphatic carbocycles. The third-order valence-corrected chi connectivity index (χ3v) is 14.3. The fourth-order valence-corrected chi connectivity index (χ4v) is 11.6. The number of likely N-dealkylation sites (tertiary alicyclic amines) is 1. The molecule has 0 spiro atoms. The van der Waals surface area contributed by atoms with Gasteiger partial charge in [-0.2, -0.15) is 5.10 Å². The number of phenolic OH excluding ortho intramolecular Hbond substituents is 1. The number of halogens is 2. The van der Waals surface area contributed by atoms with Gasteiger partial charge in [0.2, 0.25) is 23.6 Å². The second-order valence-electron chi connectivity index (χ2n) is 15.4. The lowest BCUT2D eigenvalue weighted by Gasteiger charge is -2.49. The van der Waals surface area contributed by atoms with Crippen LogP contribution in [-0.4, -0.2) is 49.5 Å². The highest BCUT2D eigenvalue weighted by atomic mass is 35.5. The van der Waals surface area contributed by atoms with Crippen LogP contribution in [0, 0.1) is 41.8 Å². The van der Waals surface area contributed by atoms with Gasteiger partial charge in [-0.05, 0) is 80.7 Å². The number of benzene rings is 2. The molecule has 2 aliphatic heterocycles. The number of aromatic nitrogens is 2. The van der Waals surface area contributed by atoms with E-state index in [-0.39, 0.29) is 29.8 Å². The number of aryl methyl sites for hydroxylation is 2. The van der Waals surface area contributed by atoms with Crippen molar-refractivity contribution < 1.29 is 28.7 Å². The zero-order valence-electron chi connectivity index (χ0n) is 29.1. The van der Waals surface area contributed by atoms with Gasteiger partial charge in [-0.1, -0.05) is 54.6 Å². The lowest BCUT2D eigenvalue weighted by Crippen LogP contribution is -2.49. The number of para-hydroxylation sites is 1. The predicted octanol–water partition coefficient (Wildman–Crippen LogP) is 7.67. The van der Waals surface area contributed by atoms with Crippen molar-refractivity contribution in [3.63, 3.8) is 0 Å². The first-order valence-electron chi connectivity index (χ1n) is 18.1. The van der Waals surface area contributed by atoms with Crippen LogP contribution in [0.4, 0.5) is 10.2 Å². The number of imide groups is 2. The lowest BCUT2D eigenvalue weighted by atomic mass is 9.51. The quantitative estimate of drug-likeness (QED) is 0.170. The smallest absolute Gasteiger partial charge is 0.242 e. The minimum atomic E-state index is -1.43. The first kappa shape index (κ1) is 33.5. The summed E-state index contributed by atoms with van der Waals surface area (Å²) in [6, 6.07) is 11.5. The van der Waals surface area contributed by atoms with E-state index in [0.29, 0.717) is 28.5 Å². The topological polar surface area (TPSA) is 113 Å². The number of carbonyl (C=O) groups excluding carboxylic acids is 4. The maximum absolute atomic E-state index is 15.1. The highest BCUT2D eigenvalue weighted by Gasteiger charge is 2.68. The van der Waals surface area contributed by atoms with Crippen LogP contribution in [0.3, 0.4) is 0 Å². The summed E-state index contributed by atoms with van der Waals surface area (Å²) < 4.78 is 17.7. The van der Waals surface area contributed by atoms with Crippen molar-refractivity contribution >= 4 is 62.5 Å². The fourth-order valence-electron chi connectivity index (χ4n) is 10.3. The number of phenols is 1. The van der Waals surface area contributed by atoms with Crippen LogP contribution in [0.25, 0.3) is 20.7 Å². The molecule has 0 radical (unpaired) electrons. The molecule has 9 rings (SSSR count). The second kappa shape index (κ2) is 11.8. The summed E-state index contributed by atoms with van der Waals surface area (Å²) >= 11 is 7.85. The van der Waals surface area contributed by atoms with Crippen molar-refractivity contribution in [3.8, 4) is 16.3 Å². The largest absolute Gasteiger partial charge is 0.505 e. The summed E-state index contributed by atoms with van der Waals surface area (Å²) in [5.41, 5.74) is 1.05. The molecule has 268 valence electrons. The number of hydrogen-bond acceptors (Lipinski definition) is 7. The van der Waals surface area contributed by atoms with Gasteiger partial charge in [0.05, 0.1) is 28.0 Å². The van der Waals surface area contributed by atoms with Crippen molar-refractivity contribution in [1.29, 1.82) is 0 Å². The molecule has 0 unspecified atom stereocenters. The molecule has 2 saturated heterocycles. The van der Waals surface area contributed by atoms with Crippen molar-refractivity contribution in [2.45, 2.75) is 70.8 Å². The van der Waals surface area contributed by atoms with Gasteiger partial charge < -0.3 is 5.11 Å². The van der Waals surface area contributed by atoms with Crippen molar-refractivity contribution in [2.75, 3.05) is 4.90 Å². The normalized spacial score (nSPS) is 29.2.